The highest BCUT2D eigenvalue weighted by molar-refractivity contribution is 6.30. The fourth-order valence-corrected chi connectivity index (χ4v) is 2.32. The Bertz CT molecular complexity index is 625. The van der Waals surface area contributed by atoms with E-state index in [0.717, 1.165) is 11.1 Å². The van der Waals surface area contributed by atoms with E-state index in [-0.39, 0.29) is 12.5 Å². The molecule has 0 saturated heterocycles. The van der Waals surface area contributed by atoms with E-state index in [1.807, 2.05) is 61.5 Å². The summed E-state index contributed by atoms with van der Waals surface area (Å²) in [6, 6.07) is 17.4. The van der Waals surface area contributed by atoms with Crippen LogP contribution in [-0.4, -0.2) is 31.5 Å². The lowest BCUT2D eigenvalue weighted by molar-refractivity contribution is -0.138. The van der Waals surface area contributed by atoms with Crippen LogP contribution >= 0.6 is 11.6 Å². The summed E-state index contributed by atoms with van der Waals surface area (Å²) in [4.78, 5) is 13.4. The van der Waals surface area contributed by atoms with Crippen molar-refractivity contribution in [2.45, 2.75) is 12.5 Å². The normalized spacial score (nSPS) is 13.5. The molecule has 2 aromatic carbocycles. The number of likely N-dealkylation sites (N-methyl/N-ethyl adjacent to an activating group) is 1. The van der Waals surface area contributed by atoms with Crippen LogP contribution in [0.5, 0.6) is 0 Å². The van der Waals surface area contributed by atoms with Gasteiger partial charge in [0.1, 0.15) is 12.2 Å². The van der Waals surface area contributed by atoms with Crippen molar-refractivity contribution in [3.05, 3.63) is 70.7 Å². The Balaban J connectivity index is 2.36. The minimum Gasteiger partial charge on any atom is -0.356 e. The molecule has 0 aliphatic heterocycles. The first-order chi connectivity index (χ1) is 10.4. The molecule has 0 aliphatic carbocycles. The summed E-state index contributed by atoms with van der Waals surface area (Å²) in [5.74, 6) is -0.0730. The first-order valence-electron chi connectivity index (χ1n) is 7.09. The number of hydrogen-bond donors (Lipinski definition) is 0. The van der Waals surface area contributed by atoms with Crippen molar-refractivity contribution >= 4 is 17.5 Å². The monoisotopic (exact) mass is 317 g/mol. The molecule has 4 heteroatoms. The zero-order valence-corrected chi connectivity index (χ0v) is 13.8. The highest BCUT2D eigenvalue weighted by atomic mass is 35.5. The lowest BCUT2D eigenvalue weighted by Gasteiger charge is -2.31. The van der Waals surface area contributed by atoms with Crippen molar-refractivity contribution < 1.29 is 9.53 Å². The Morgan fingerprint density at radius 1 is 1.05 bits per heavy atom. The van der Waals surface area contributed by atoms with Crippen molar-refractivity contribution in [2.75, 3.05) is 20.7 Å². The van der Waals surface area contributed by atoms with Crippen LogP contribution in [0.25, 0.3) is 0 Å². The van der Waals surface area contributed by atoms with E-state index in [0.29, 0.717) is 5.02 Å². The van der Waals surface area contributed by atoms with Gasteiger partial charge in [0.05, 0.1) is 0 Å². The molecule has 3 nitrogen and oxygen atoms in total. The summed E-state index contributed by atoms with van der Waals surface area (Å²) >= 11 is 5.98. The van der Waals surface area contributed by atoms with E-state index in [4.69, 9.17) is 16.3 Å². The molecule has 1 atom stereocenters. The molecule has 0 saturated carbocycles. The summed E-state index contributed by atoms with van der Waals surface area (Å²) in [6.07, 6.45) is 0. The highest BCUT2D eigenvalue weighted by Crippen LogP contribution is 2.33. The maximum absolute atomic E-state index is 11.9. The van der Waals surface area contributed by atoms with E-state index >= 15 is 0 Å². The van der Waals surface area contributed by atoms with E-state index in [1.165, 1.54) is 4.90 Å². The second-order valence-corrected chi connectivity index (χ2v) is 5.92. The molecule has 0 radical (unpaired) electrons. The largest absolute Gasteiger partial charge is 0.356 e. The first kappa shape index (κ1) is 16.5. The van der Waals surface area contributed by atoms with Gasteiger partial charge in [0.25, 0.3) is 0 Å². The molecule has 22 heavy (non-hydrogen) atoms. The lowest BCUT2D eigenvalue weighted by Crippen LogP contribution is -2.34. The molecule has 116 valence electrons. The molecule has 0 fully saturated rings. The number of carbonyl (C=O) groups excluding carboxylic acids is 1. The Morgan fingerprint density at radius 3 is 2.14 bits per heavy atom. The van der Waals surface area contributed by atoms with Crippen LogP contribution in [0.1, 0.15) is 18.1 Å². The van der Waals surface area contributed by atoms with E-state index in [1.54, 1.807) is 14.1 Å². The fraction of sp³-hybridized carbons (Fsp3) is 0.278. The second-order valence-electron chi connectivity index (χ2n) is 5.48. The molecule has 2 aromatic rings. The van der Waals surface area contributed by atoms with Crippen molar-refractivity contribution in [1.82, 2.24) is 4.90 Å². The van der Waals surface area contributed by atoms with Gasteiger partial charge in [-0.2, -0.15) is 0 Å². The number of carbonyl (C=O) groups is 1. The third kappa shape index (κ3) is 3.67. The van der Waals surface area contributed by atoms with Gasteiger partial charge in [0.2, 0.25) is 5.91 Å². The summed E-state index contributed by atoms with van der Waals surface area (Å²) in [5.41, 5.74) is 1.23. The molecule has 1 amide bonds. The van der Waals surface area contributed by atoms with Gasteiger partial charge in [-0.1, -0.05) is 54.1 Å². The maximum atomic E-state index is 11.9. The average Bonchev–Trinajstić information content (AvgIpc) is 2.53. The molecule has 0 aromatic heterocycles. The van der Waals surface area contributed by atoms with E-state index < -0.39 is 5.60 Å². The summed E-state index contributed by atoms with van der Waals surface area (Å²) in [5, 5.41) is 0.670. The topological polar surface area (TPSA) is 29.5 Å². The van der Waals surface area contributed by atoms with Crippen LogP contribution in [-0.2, 0) is 15.1 Å². The zero-order chi connectivity index (χ0) is 16.2. The van der Waals surface area contributed by atoms with Gasteiger partial charge in [-0.25, -0.2) is 0 Å². The molecule has 0 heterocycles. The Hall–Kier alpha value is -1.84. The summed E-state index contributed by atoms with van der Waals surface area (Å²) < 4.78 is 6.03. The number of rotatable bonds is 5. The first-order valence-corrected chi connectivity index (χ1v) is 7.47. The molecular weight excluding hydrogens is 298 g/mol. The molecular formula is C18H20ClNO2. The summed E-state index contributed by atoms with van der Waals surface area (Å²) in [6.45, 7) is 1.98. The van der Waals surface area contributed by atoms with Gasteiger partial charge in [0, 0.05) is 19.1 Å². The number of amides is 1. The fourth-order valence-electron chi connectivity index (χ4n) is 2.19. The Kier molecular flexibility index (Phi) is 5.22. The Labute approximate surface area is 136 Å². The number of hydrogen-bond acceptors (Lipinski definition) is 2. The van der Waals surface area contributed by atoms with Crippen molar-refractivity contribution in [3.63, 3.8) is 0 Å². The van der Waals surface area contributed by atoms with Gasteiger partial charge in [-0.05, 0) is 30.2 Å². The predicted octanol–water partition coefficient (Wildman–Crippen LogP) is 3.71. The lowest BCUT2D eigenvalue weighted by atomic mass is 9.88. The number of halogens is 1. The van der Waals surface area contributed by atoms with E-state index in [9.17, 15) is 4.79 Å². The molecule has 0 aliphatic rings. The van der Waals surface area contributed by atoms with Gasteiger partial charge < -0.3 is 9.64 Å². The molecule has 0 spiro atoms. The minimum atomic E-state index is -0.711. The van der Waals surface area contributed by atoms with Crippen LogP contribution in [0.2, 0.25) is 5.02 Å². The zero-order valence-electron chi connectivity index (χ0n) is 13.0. The van der Waals surface area contributed by atoms with E-state index in [2.05, 4.69) is 0 Å². The van der Waals surface area contributed by atoms with Gasteiger partial charge in [-0.15, -0.1) is 0 Å². The number of ether oxygens (including phenoxy) is 1. The number of benzene rings is 2. The van der Waals surface area contributed by atoms with Crippen LogP contribution in [0, 0.1) is 0 Å². The number of nitrogens with zero attached hydrogens (tertiary/aromatic N) is 1. The smallest absolute Gasteiger partial charge is 0.248 e. The van der Waals surface area contributed by atoms with Gasteiger partial charge in [-0.3, -0.25) is 4.79 Å². The average molecular weight is 318 g/mol. The van der Waals surface area contributed by atoms with Gasteiger partial charge in [0.15, 0.2) is 0 Å². The Morgan fingerprint density at radius 2 is 1.59 bits per heavy atom. The van der Waals surface area contributed by atoms with Crippen molar-refractivity contribution in [1.29, 1.82) is 0 Å². The molecule has 0 N–H and O–H groups in total. The van der Waals surface area contributed by atoms with Crippen LogP contribution in [0.3, 0.4) is 0 Å². The molecule has 1 unspecified atom stereocenters. The van der Waals surface area contributed by atoms with Crippen LogP contribution in [0.15, 0.2) is 54.6 Å². The highest BCUT2D eigenvalue weighted by Gasteiger charge is 2.30. The minimum absolute atomic E-state index is 0.0149. The predicted molar refractivity (Wildman–Crippen MR) is 89.0 cm³/mol. The summed E-state index contributed by atoms with van der Waals surface area (Å²) in [7, 11) is 3.43. The van der Waals surface area contributed by atoms with Crippen LogP contribution < -0.4 is 0 Å². The third-order valence-electron chi connectivity index (χ3n) is 3.70. The molecule has 0 bridgehead atoms. The standard InChI is InChI=1S/C18H20ClNO2/c1-18(14-7-5-4-6-8-14,22-13-17(21)20(2)3)15-9-11-16(19)12-10-15/h4-12H,13H2,1-3H3. The van der Waals surface area contributed by atoms with Crippen molar-refractivity contribution in [3.8, 4) is 0 Å². The maximum Gasteiger partial charge on any atom is 0.248 e. The SMILES string of the molecule is CN(C)C(=O)COC(C)(c1ccccc1)c1ccc(Cl)cc1. The quantitative estimate of drug-likeness (QED) is 0.841. The van der Waals surface area contributed by atoms with Crippen molar-refractivity contribution in [2.24, 2.45) is 0 Å². The van der Waals surface area contributed by atoms with Crippen LogP contribution in [0.4, 0.5) is 0 Å². The second kappa shape index (κ2) is 6.95. The molecule has 2 rings (SSSR count). The van der Waals surface area contributed by atoms with Gasteiger partial charge >= 0.3 is 0 Å². The third-order valence-corrected chi connectivity index (χ3v) is 3.95.